The van der Waals surface area contributed by atoms with E-state index in [0.717, 1.165) is 31.5 Å². The van der Waals surface area contributed by atoms with Crippen molar-refractivity contribution in [2.75, 3.05) is 5.32 Å². The molecule has 0 bridgehead atoms. The van der Waals surface area contributed by atoms with Gasteiger partial charge in [-0.1, -0.05) is 13.3 Å². The molecule has 0 radical (unpaired) electrons. The first-order valence-electron chi connectivity index (χ1n) is 6.56. The molecule has 2 aromatic rings. The fourth-order valence-electron chi connectivity index (χ4n) is 1.86. The minimum Gasteiger partial charge on any atom is -0.325 e. The predicted molar refractivity (Wildman–Crippen MR) is 79.6 cm³/mol. The van der Waals surface area contributed by atoms with Crippen molar-refractivity contribution < 1.29 is 13.2 Å². The fourth-order valence-corrected chi connectivity index (χ4v) is 2.21. The van der Waals surface area contributed by atoms with Crippen molar-refractivity contribution in [3.63, 3.8) is 0 Å². The van der Waals surface area contributed by atoms with Crippen molar-refractivity contribution in [1.82, 2.24) is 9.55 Å². The van der Waals surface area contributed by atoms with Gasteiger partial charge in [0.05, 0.1) is 11.3 Å². The molecule has 0 aliphatic carbocycles. The Bertz CT molecular complexity index is 608. The van der Waals surface area contributed by atoms with Crippen molar-refractivity contribution >= 4 is 27.6 Å². The first-order chi connectivity index (χ1) is 9.91. The Balaban J connectivity index is 2.25. The van der Waals surface area contributed by atoms with E-state index in [0.29, 0.717) is 16.1 Å². The number of benzene rings is 1. The topological polar surface area (TPSA) is 29.9 Å². The molecule has 1 N–H and O–H groups in total. The second kappa shape index (κ2) is 6.51. The summed E-state index contributed by atoms with van der Waals surface area (Å²) in [5, 5.41) is 2.95. The lowest BCUT2D eigenvalue weighted by atomic mass is 10.2. The number of halogens is 4. The van der Waals surface area contributed by atoms with E-state index in [4.69, 9.17) is 0 Å². The Morgan fingerprint density at radius 2 is 2.10 bits per heavy atom. The van der Waals surface area contributed by atoms with Crippen LogP contribution in [0.4, 0.5) is 24.8 Å². The van der Waals surface area contributed by atoms with Gasteiger partial charge in [-0.15, -0.1) is 0 Å². The molecule has 0 saturated heterocycles. The maximum atomic E-state index is 12.8. The number of aromatic nitrogens is 2. The summed E-state index contributed by atoms with van der Waals surface area (Å²) in [5.74, 6) is 0.531. The maximum absolute atomic E-state index is 12.8. The number of anilines is 2. The first kappa shape index (κ1) is 15.9. The lowest BCUT2D eigenvalue weighted by molar-refractivity contribution is -0.137. The van der Waals surface area contributed by atoms with Gasteiger partial charge in [0.15, 0.2) is 0 Å². The second-order valence-electron chi connectivity index (χ2n) is 4.62. The highest BCUT2D eigenvalue weighted by molar-refractivity contribution is 9.10. The highest BCUT2D eigenvalue weighted by Crippen LogP contribution is 2.34. The molecule has 0 fully saturated rings. The van der Waals surface area contributed by atoms with Crippen LogP contribution in [0.3, 0.4) is 0 Å². The fraction of sp³-hybridized carbons (Fsp3) is 0.357. The van der Waals surface area contributed by atoms with Gasteiger partial charge in [-0.2, -0.15) is 13.2 Å². The van der Waals surface area contributed by atoms with Crippen molar-refractivity contribution in [1.29, 1.82) is 0 Å². The normalized spacial score (nSPS) is 11.7. The van der Waals surface area contributed by atoms with Gasteiger partial charge >= 0.3 is 6.18 Å². The van der Waals surface area contributed by atoms with Crippen LogP contribution in [0.5, 0.6) is 0 Å². The van der Waals surface area contributed by atoms with Crippen LogP contribution in [0.2, 0.25) is 0 Å². The number of imidazole rings is 1. The number of alkyl halides is 3. The number of nitrogens with zero attached hydrogens (tertiary/aromatic N) is 2. The van der Waals surface area contributed by atoms with E-state index in [9.17, 15) is 13.2 Å². The molecule has 3 nitrogen and oxygen atoms in total. The van der Waals surface area contributed by atoms with Crippen molar-refractivity contribution in [2.24, 2.45) is 0 Å². The van der Waals surface area contributed by atoms with Crippen molar-refractivity contribution in [3.05, 3.63) is 40.6 Å². The molecular weight excluding hydrogens is 347 g/mol. The van der Waals surface area contributed by atoms with E-state index < -0.39 is 11.7 Å². The average Bonchev–Trinajstić information content (AvgIpc) is 2.85. The van der Waals surface area contributed by atoms with Gasteiger partial charge in [-0.25, -0.2) is 4.98 Å². The van der Waals surface area contributed by atoms with E-state index in [1.807, 2.05) is 4.57 Å². The summed E-state index contributed by atoms with van der Waals surface area (Å²) in [5.41, 5.74) is -0.353. The van der Waals surface area contributed by atoms with Gasteiger partial charge in [0, 0.05) is 23.4 Å². The van der Waals surface area contributed by atoms with Crippen LogP contribution >= 0.6 is 15.9 Å². The Morgan fingerprint density at radius 1 is 1.33 bits per heavy atom. The molecule has 0 saturated carbocycles. The minimum atomic E-state index is -4.37. The Morgan fingerprint density at radius 3 is 2.76 bits per heavy atom. The smallest absolute Gasteiger partial charge is 0.325 e. The van der Waals surface area contributed by atoms with E-state index in [2.05, 4.69) is 33.2 Å². The molecule has 0 aliphatic heterocycles. The van der Waals surface area contributed by atoms with Crippen LogP contribution in [-0.4, -0.2) is 9.55 Å². The second-order valence-corrected chi connectivity index (χ2v) is 5.47. The van der Waals surface area contributed by atoms with Crippen LogP contribution in [0.1, 0.15) is 25.3 Å². The minimum absolute atomic E-state index is 0.341. The zero-order valence-electron chi connectivity index (χ0n) is 11.4. The third kappa shape index (κ3) is 4.00. The molecule has 1 aromatic carbocycles. The maximum Gasteiger partial charge on any atom is 0.416 e. The van der Waals surface area contributed by atoms with Crippen LogP contribution < -0.4 is 5.32 Å². The van der Waals surface area contributed by atoms with Gasteiger partial charge < -0.3 is 9.88 Å². The Kier molecular flexibility index (Phi) is 4.92. The number of hydrogen-bond donors (Lipinski definition) is 1. The molecule has 7 heteroatoms. The molecule has 2 rings (SSSR count). The summed E-state index contributed by atoms with van der Waals surface area (Å²) in [7, 11) is 0. The van der Waals surface area contributed by atoms with E-state index >= 15 is 0 Å². The molecule has 0 unspecified atom stereocenters. The van der Waals surface area contributed by atoms with E-state index in [1.165, 1.54) is 6.07 Å². The standard InChI is InChI=1S/C14H15BrF3N3/c1-2-3-7-21-8-6-19-13(21)20-12-9-10(14(16,17)18)4-5-11(12)15/h4-6,8-9H,2-3,7H2,1H3,(H,19,20). The van der Waals surface area contributed by atoms with Gasteiger partial charge in [-0.3, -0.25) is 0 Å². The number of unbranched alkanes of at least 4 members (excludes halogenated alkanes) is 1. The zero-order chi connectivity index (χ0) is 15.5. The highest BCUT2D eigenvalue weighted by atomic mass is 79.9. The van der Waals surface area contributed by atoms with Crippen LogP contribution in [-0.2, 0) is 12.7 Å². The largest absolute Gasteiger partial charge is 0.416 e. The number of nitrogens with one attached hydrogen (secondary N) is 1. The summed E-state index contributed by atoms with van der Waals surface area (Å²) < 4.78 is 40.7. The van der Waals surface area contributed by atoms with Crippen molar-refractivity contribution in [3.8, 4) is 0 Å². The molecule has 114 valence electrons. The summed E-state index contributed by atoms with van der Waals surface area (Å²) in [6.07, 6.45) is 1.08. The van der Waals surface area contributed by atoms with Gasteiger partial charge in [-0.05, 0) is 40.5 Å². The lowest BCUT2D eigenvalue weighted by Gasteiger charge is -2.13. The third-order valence-corrected chi connectivity index (χ3v) is 3.70. The predicted octanol–water partition coefficient (Wildman–Crippen LogP) is 5.21. The summed E-state index contributed by atoms with van der Waals surface area (Å²) >= 11 is 3.25. The molecule has 21 heavy (non-hydrogen) atoms. The quantitative estimate of drug-likeness (QED) is 0.792. The van der Waals surface area contributed by atoms with Gasteiger partial charge in [0.25, 0.3) is 0 Å². The monoisotopic (exact) mass is 361 g/mol. The number of hydrogen-bond acceptors (Lipinski definition) is 2. The molecule has 0 atom stereocenters. The molecule has 1 aromatic heterocycles. The Hall–Kier alpha value is -1.50. The average molecular weight is 362 g/mol. The Labute approximate surface area is 129 Å². The molecule has 0 amide bonds. The molecule has 1 heterocycles. The molecule has 0 spiro atoms. The van der Waals surface area contributed by atoms with Gasteiger partial charge in [0.2, 0.25) is 5.95 Å². The summed E-state index contributed by atoms with van der Waals surface area (Å²) in [4.78, 5) is 4.15. The number of aryl methyl sites for hydroxylation is 1. The SMILES string of the molecule is CCCCn1ccnc1Nc1cc(C(F)(F)F)ccc1Br. The van der Waals surface area contributed by atoms with Crippen LogP contribution in [0, 0.1) is 0 Å². The van der Waals surface area contributed by atoms with Gasteiger partial charge in [0.1, 0.15) is 0 Å². The van der Waals surface area contributed by atoms with Crippen LogP contribution in [0.15, 0.2) is 35.1 Å². The lowest BCUT2D eigenvalue weighted by Crippen LogP contribution is -2.07. The molecular formula is C14H15BrF3N3. The van der Waals surface area contributed by atoms with Crippen LogP contribution in [0.25, 0.3) is 0 Å². The van der Waals surface area contributed by atoms with E-state index in [-0.39, 0.29) is 0 Å². The molecule has 0 aliphatic rings. The van der Waals surface area contributed by atoms with Crippen molar-refractivity contribution in [2.45, 2.75) is 32.5 Å². The summed E-state index contributed by atoms with van der Waals surface area (Å²) in [6, 6.07) is 3.49. The van der Waals surface area contributed by atoms with E-state index in [1.54, 1.807) is 12.4 Å². The zero-order valence-corrected chi connectivity index (χ0v) is 13.0. The number of rotatable bonds is 5. The summed E-state index contributed by atoms with van der Waals surface area (Å²) in [6.45, 7) is 2.85. The third-order valence-electron chi connectivity index (χ3n) is 3.01. The highest BCUT2D eigenvalue weighted by Gasteiger charge is 2.31. The first-order valence-corrected chi connectivity index (χ1v) is 7.36.